The Kier molecular flexibility index (Phi) is 5.02. The highest BCUT2D eigenvalue weighted by Gasteiger charge is 2.48. The van der Waals surface area contributed by atoms with Crippen molar-refractivity contribution in [3.63, 3.8) is 0 Å². The first kappa shape index (κ1) is 20.6. The van der Waals surface area contributed by atoms with Gasteiger partial charge in [-0.1, -0.05) is 54.6 Å². The van der Waals surface area contributed by atoms with Crippen LogP contribution in [0.4, 0.5) is 5.69 Å². The number of aliphatic hydroxyl groups is 1. The average molecular weight is 434 g/mol. The third-order valence-electron chi connectivity index (χ3n) is 6.22. The fourth-order valence-corrected chi connectivity index (χ4v) is 4.36. The molecule has 5 heteroatoms. The number of carbonyl (C=O) groups excluding carboxylic acids is 2. The van der Waals surface area contributed by atoms with Crippen molar-refractivity contribution in [3.05, 3.63) is 113 Å². The zero-order valence-corrected chi connectivity index (χ0v) is 18.3. The molecule has 4 aromatic rings. The third-order valence-corrected chi connectivity index (χ3v) is 6.22. The van der Waals surface area contributed by atoms with Crippen molar-refractivity contribution in [3.8, 4) is 0 Å². The fourth-order valence-electron chi connectivity index (χ4n) is 4.36. The Labute approximate surface area is 191 Å². The Balaban J connectivity index is 1.78. The number of nitrogens with zero attached hydrogens (tertiary/aromatic N) is 2. The molecule has 33 heavy (non-hydrogen) atoms. The van der Waals surface area contributed by atoms with Crippen molar-refractivity contribution in [1.82, 2.24) is 4.98 Å². The van der Waals surface area contributed by atoms with Crippen LogP contribution in [0.25, 0.3) is 16.5 Å². The molecule has 2 heterocycles. The van der Waals surface area contributed by atoms with E-state index in [1.807, 2.05) is 74.5 Å². The molecule has 1 aliphatic rings. The highest BCUT2D eigenvalue weighted by atomic mass is 16.3. The van der Waals surface area contributed by atoms with Crippen LogP contribution in [0.1, 0.15) is 28.4 Å². The minimum atomic E-state index is -0.849. The molecule has 0 saturated carbocycles. The van der Waals surface area contributed by atoms with Gasteiger partial charge in [0.1, 0.15) is 11.8 Å². The molecule has 0 radical (unpaired) electrons. The molecule has 162 valence electrons. The van der Waals surface area contributed by atoms with E-state index >= 15 is 0 Å². The predicted molar refractivity (Wildman–Crippen MR) is 129 cm³/mol. The monoisotopic (exact) mass is 434 g/mol. The number of anilines is 1. The van der Waals surface area contributed by atoms with Crippen molar-refractivity contribution in [1.29, 1.82) is 0 Å². The van der Waals surface area contributed by atoms with Crippen molar-refractivity contribution in [2.24, 2.45) is 0 Å². The lowest BCUT2D eigenvalue weighted by Crippen LogP contribution is -2.30. The maximum Gasteiger partial charge on any atom is 0.300 e. The summed E-state index contributed by atoms with van der Waals surface area (Å²) in [6.07, 6.45) is 1.62. The maximum atomic E-state index is 13.4. The highest BCUT2D eigenvalue weighted by molar-refractivity contribution is 6.52. The van der Waals surface area contributed by atoms with E-state index < -0.39 is 17.7 Å². The van der Waals surface area contributed by atoms with Gasteiger partial charge in [0.2, 0.25) is 0 Å². The third kappa shape index (κ3) is 3.38. The Morgan fingerprint density at radius 2 is 1.64 bits per heavy atom. The van der Waals surface area contributed by atoms with E-state index in [9.17, 15) is 14.7 Å². The van der Waals surface area contributed by atoms with Crippen LogP contribution in [0.15, 0.2) is 90.6 Å². The molecule has 1 fully saturated rings. The summed E-state index contributed by atoms with van der Waals surface area (Å²) in [7, 11) is 0. The molecule has 0 bridgehead atoms. The van der Waals surface area contributed by atoms with Gasteiger partial charge in [-0.15, -0.1) is 0 Å². The molecule has 1 aromatic heterocycles. The van der Waals surface area contributed by atoms with Crippen LogP contribution in [0.2, 0.25) is 0 Å². The van der Waals surface area contributed by atoms with E-state index in [2.05, 4.69) is 4.98 Å². The Morgan fingerprint density at radius 3 is 2.39 bits per heavy atom. The number of benzene rings is 3. The average Bonchev–Trinajstić information content (AvgIpc) is 3.11. The largest absolute Gasteiger partial charge is 0.507 e. The van der Waals surface area contributed by atoms with Gasteiger partial charge in [-0.2, -0.15) is 0 Å². The first-order valence-electron chi connectivity index (χ1n) is 10.7. The minimum absolute atomic E-state index is 0.0369. The quantitative estimate of drug-likeness (QED) is 0.263. The second-order valence-corrected chi connectivity index (χ2v) is 8.22. The number of ketones is 1. The topological polar surface area (TPSA) is 70.5 Å². The van der Waals surface area contributed by atoms with Crippen LogP contribution in [-0.4, -0.2) is 21.8 Å². The minimum Gasteiger partial charge on any atom is -0.507 e. The Bertz CT molecular complexity index is 1440. The van der Waals surface area contributed by atoms with E-state index in [1.165, 1.54) is 4.90 Å². The van der Waals surface area contributed by atoms with Gasteiger partial charge in [-0.05, 0) is 54.6 Å². The predicted octanol–water partition coefficient (Wildman–Crippen LogP) is 5.48. The second kappa shape index (κ2) is 8.02. The zero-order valence-electron chi connectivity index (χ0n) is 18.3. The molecule has 1 unspecified atom stereocenters. The number of aliphatic hydroxyl groups excluding tert-OH is 1. The lowest BCUT2D eigenvalue weighted by molar-refractivity contribution is -0.132. The number of hydrogen-bond donors (Lipinski definition) is 1. The number of pyridine rings is 1. The first-order chi connectivity index (χ1) is 16.0. The van der Waals surface area contributed by atoms with Gasteiger partial charge >= 0.3 is 0 Å². The summed E-state index contributed by atoms with van der Waals surface area (Å²) in [4.78, 5) is 32.7. The van der Waals surface area contributed by atoms with Gasteiger partial charge in [-0.3, -0.25) is 19.5 Å². The molecule has 5 nitrogen and oxygen atoms in total. The van der Waals surface area contributed by atoms with E-state index in [-0.39, 0.29) is 11.3 Å². The Morgan fingerprint density at radius 1 is 0.879 bits per heavy atom. The number of Topliss-reactive ketones (excluding diaryl/α,β-unsaturated/α-hetero) is 1. The van der Waals surface area contributed by atoms with Crippen molar-refractivity contribution < 1.29 is 14.7 Å². The standard InChI is InChI=1S/C28H22N2O3/c1-17-13-14-20(16-18(17)2)26(31)24-25(22-11-5-6-15-29-22)30(28(33)27(24)32)23-12-7-9-19-8-3-4-10-21(19)23/h3-16,25,31H,1-2H3/b26-24+. The summed E-state index contributed by atoms with van der Waals surface area (Å²) in [6.45, 7) is 3.92. The highest BCUT2D eigenvalue weighted by Crippen LogP contribution is 2.43. The normalized spacial score (nSPS) is 17.6. The van der Waals surface area contributed by atoms with Gasteiger partial charge in [0.05, 0.1) is 17.0 Å². The van der Waals surface area contributed by atoms with Crippen molar-refractivity contribution in [2.45, 2.75) is 19.9 Å². The number of aryl methyl sites for hydroxylation is 2. The maximum absolute atomic E-state index is 13.4. The van der Waals surface area contributed by atoms with E-state index in [1.54, 1.807) is 24.4 Å². The molecule has 1 saturated heterocycles. The summed E-state index contributed by atoms with van der Waals surface area (Å²) >= 11 is 0. The number of hydrogen-bond acceptors (Lipinski definition) is 4. The fraction of sp³-hybridized carbons (Fsp3) is 0.107. The number of fused-ring (bicyclic) bond motifs is 1. The number of aromatic nitrogens is 1. The number of carbonyl (C=O) groups is 2. The van der Waals surface area contributed by atoms with Crippen LogP contribution >= 0.6 is 0 Å². The van der Waals surface area contributed by atoms with E-state index in [4.69, 9.17) is 0 Å². The smallest absolute Gasteiger partial charge is 0.300 e. The van der Waals surface area contributed by atoms with Gasteiger partial charge in [0.15, 0.2) is 0 Å². The summed E-state index contributed by atoms with van der Waals surface area (Å²) < 4.78 is 0. The zero-order chi connectivity index (χ0) is 23.1. The Hall–Kier alpha value is -4.25. The van der Waals surface area contributed by atoms with E-state index in [0.29, 0.717) is 16.9 Å². The van der Waals surface area contributed by atoms with Crippen molar-refractivity contribution in [2.75, 3.05) is 4.90 Å². The van der Waals surface area contributed by atoms with E-state index in [0.717, 1.165) is 21.9 Å². The van der Waals surface area contributed by atoms with Crippen LogP contribution in [0.3, 0.4) is 0 Å². The molecule has 0 spiro atoms. The number of rotatable bonds is 3. The molecule has 1 amide bonds. The molecule has 0 aliphatic carbocycles. The lowest BCUT2D eigenvalue weighted by Gasteiger charge is -2.25. The van der Waals surface area contributed by atoms with Crippen LogP contribution < -0.4 is 4.90 Å². The van der Waals surface area contributed by atoms with Crippen LogP contribution in [0.5, 0.6) is 0 Å². The van der Waals surface area contributed by atoms with Crippen molar-refractivity contribution >= 4 is 33.9 Å². The molecular weight excluding hydrogens is 412 g/mol. The number of amides is 1. The summed E-state index contributed by atoms with van der Waals surface area (Å²) in [5, 5.41) is 13.1. The molecule has 3 aromatic carbocycles. The van der Waals surface area contributed by atoms with Crippen LogP contribution in [-0.2, 0) is 9.59 Å². The van der Waals surface area contributed by atoms with Crippen LogP contribution in [0, 0.1) is 13.8 Å². The molecule has 1 aliphatic heterocycles. The van der Waals surface area contributed by atoms with Gasteiger partial charge < -0.3 is 5.11 Å². The first-order valence-corrected chi connectivity index (χ1v) is 10.7. The molecule has 1 atom stereocenters. The summed E-state index contributed by atoms with van der Waals surface area (Å²) in [6, 6.07) is 23.3. The van der Waals surface area contributed by atoms with Gasteiger partial charge in [0.25, 0.3) is 11.7 Å². The SMILES string of the molecule is Cc1ccc(/C(O)=C2\C(=O)C(=O)N(c3cccc4ccccc34)C2c2ccccn2)cc1C. The molecule has 5 rings (SSSR count). The summed E-state index contributed by atoms with van der Waals surface area (Å²) in [5.41, 5.74) is 3.70. The van der Waals surface area contributed by atoms with Gasteiger partial charge in [-0.25, -0.2) is 0 Å². The molecular formula is C28H22N2O3. The second-order valence-electron chi connectivity index (χ2n) is 8.22. The van der Waals surface area contributed by atoms with Gasteiger partial charge in [0, 0.05) is 17.1 Å². The summed E-state index contributed by atoms with van der Waals surface area (Å²) in [5.74, 6) is -1.61. The lowest BCUT2D eigenvalue weighted by atomic mass is 9.96. The molecule has 1 N–H and O–H groups in total.